The van der Waals surface area contributed by atoms with Crippen LogP contribution < -0.4 is 10.1 Å². The van der Waals surface area contributed by atoms with E-state index in [4.69, 9.17) is 4.74 Å². The summed E-state index contributed by atoms with van der Waals surface area (Å²) in [5, 5.41) is 3.41. The molecular formula is C15H24N2O. The number of benzene rings is 1. The second-order valence-electron chi connectivity index (χ2n) is 5.37. The van der Waals surface area contributed by atoms with Crippen molar-refractivity contribution in [1.82, 2.24) is 10.2 Å². The molecule has 1 atom stereocenters. The summed E-state index contributed by atoms with van der Waals surface area (Å²) in [6, 6.07) is 9.14. The molecule has 0 aliphatic carbocycles. The van der Waals surface area contributed by atoms with E-state index in [1.165, 1.54) is 12.0 Å². The smallest absolute Gasteiger partial charge is 0.119 e. The van der Waals surface area contributed by atoms with Crippen molar-refractivity contribution in [2.75, 3.05) is 20.1 Å². The number of hydrogen-bond acceptors (Lipinski definition) is 3. The van der Waals surface area contributed by atoms with E-state index in [2.05, 4.69) is 55.4 Å². The third-order valence-electron chi connectivity index (χ3n) is 3.38. The zero-order valence-electron chi connectivity index (χ0n) is 11.6. The van der Waals surface area contributed by atoms with Gasteiger partial charge in [-0.05, 0) is 51.6 Å². The van der Waals surface area contributed by atoms with Crippen LogP contribution in [0.15, 0.2) is 24.3 Å². The van der Waals surface area contributed by atoms with Crippen LogP contribution in [0.25, 0.3) is 0 Å². The third kappa shape index (κ3) is 3.72. The standard InChI is InChI=1S/C15H24N2O/c1-12(2)18-15-6-4-13(5-7-15)11-17(3)14-8-9-16-10-14/h4-7,12,14,16H,8-11H2,1-3H3. The van der Waals surface area contributed by atoms with E-state index < -0.39 is 0 Å². The Balaban J connectivity index is 1.89. The first-order valence-electron chi connectivity index (χ1n) is 6.81. The van der Waals surface area contributed by atoms with Gasteiger partial charge in [0.25, 0.3) is 0 Å². The van der Waals surface area contributed by atoms with Crippen LogP contribution in [-0.4, -0.2) is 37.2 Å². The van der Waals surface area contributed by atoms with E-state index in [-0.39, 0.29) is 6.10 Å². The van der Waals surface area contributed by atoms with E-state index in [1.54, 1.807) is 0 Å². The molecule has 3 heteroatoms. The average molecular weight is 248 g/mol. The lowest BCUT2D eigenvalue weighted by molar-refractivity contribution is 0.240. The first-order chi connectivity index (χ1) is 8.65. The molecule has 1 saturated heterocycles. The molecule has 0 saturated carbocycles. The number of nitrogens with one attached hydrogen (secondary N) is 1. The first-order valence-corrected chi connectivity index (χ1v) is 6.81. The lowest BCUT2D eigenvalue weighted by Gasteiger charge is -2.23. The quantitative estimate of drug-likeness (QED) is 0.865. The molecule has 1 heterocycles. The number of rotatable bonds is 5. The van der Waals surface area contributed by atoms with Gasteiger partial charge in [-0.25, -0.2) is 0 Å². The van der Waals surface area contributed by atoms with E-state index in [9.17, 15) is 0 Å². The molecule has 3 nitrogen and oxygen atoms in total. The van der Waals surface area contributed by atoms with Gasteiger partial charge in [-0.1, -0.05) is 12.1 Å². The van der Waals surface area contributed by atoms with Gasteiger partial charge < -0.3 is 10.1 Å². The van der Waals surface area contributed by atoms with Crippen LogP contribution in [0.4, 0.5) is 0 Å². The summed E-state index contributed by atoms with van der Waals surface area (Å²) in [7, 11) is 2.20. The van der Waals surface area contributed by atoms with Gasteiger partial charge >= 0.3 is 0 Å². The Morgan fingerprint density at radius 3 is 2.61 bits per heavy atom. The molecule has 0 amide bonds. The molecule has 1 aromatic carbocycles. The summed E-state index contributed by atoms with van der Waals surface area (Å²) < 4.78 is 5.65. The lowest BCUT2D eigenvalue weighted by Crippen LogP contribution is -2.32. The molecule has 1 aromatic rings. The maximum Gasteiger partial charge on any atom is 0.119 e. The van der Waals surface area contributed by atoms with E-state index >= 15 is 0 Å². The molecule has 100 valence electrons. The summed E-state index contributed by atoms with van der Waals surface area (Å²) in [5.41, 5.74) is 1.35. The van der Waals surface area contributed by atoms with Gasteiger partial charge in [0, 0.05) is 19.1 Å². The SMILES string of the molecule is CC(C)Oc1ccc(CN(C)C2CCNC2)cc1. The van der Waals surface area contributed by atoms with Crippen LogP contribution in [0, 0.1) is 0 Å². The third-order valence-corrected chi connectivity index (χ3v) is 3.38. The van der Waals surface area contributed by atoms with Crippen molar-refractivity contribution in [1.29, 1.82) is 0 Å². The second kappa shape index (κ2) is 6.21. The summed E-state index contributed by atoms with van der Waals surface area (Å²) in [6.45, 7) is 7.37. The summed E-state index contributed by atoms with van der Waals surface area (Å²) >= 11 is 0. The molecule has 1 N–H and O–H groups in total. The molecule has 0 radical (unpaired) electrons. The molecule has 1 fully saturated rings. The Morgan fingerprint density at radius 1 is 1.33 bits per heavy atom. The Kier molecular flexibility index (Phi) is 4.61. The highest BCUT2D eigenvalue weighted by Crippen LogP contribution is 2.16. The summed E-state index contributed by atoms with van der Waals surface area (Å²) in [5.74, 6) is 0.957. The second-order valence-corrected chi connectivity index (χ2v) is 5.37. The zero-order valence-corrected chi connectivity index (χ0v) is 11.6. The molecule has 0 aromatic heterocycles. The maximum absolute atomic E-state index is 5.65. The van der Waals surface area contributed by atoms with Gasteiger partial charge in [-0.2, -0.15) is 0 Å². The van der Waals surface area contributed by atoms with Gasteiger partial charge in [-0.3, -0.25) is 4.90 Å². The molecule has 1 aliphatic heterocycles. The highest BCUT2D eigenvalue weighted by atomic mass is 16.5. The van der Waals surface area contributed by atoms with Gasteiger partial charge in [0.1, 0.15) is 5.75 Å². The van der Waals surface area contributed by atoms with Crippen molar-refractivity contribution in [3.63, 3.8) is 0 Å². The fraction of sp³-hybridized carbons (Fsp3) is 0.600. The minimum absolute atomic E-state index is 0.239. The highest BCUT2D eigenvalue weighted by molar-refractivity contribution is 5.27. The highest BCUT2D eigenvalue weighted by Gasteiger charge is 2.18. The zero-order chi connectivity index (χ0) is 13.0. The Bertz CT molecular complexity index is 355. The van der Waals surface area contributed by atoms with Gasteiger partial charge in [0.05, 0.1) is 6.10 Å². The number of ether oxygens (including phenoxy) is 1. The molecular weight excluding hydrogens is 224 g/mol. The minimum atomic E-state index is 0.239. The topological polar surface area (TPSA) is 24.5 Å². The van der Waals surface area contributed by atoms with Crippen LogP contribution in [0.5, 0.6) is 5.75 Å². The number of hydrogen-bond donors (Lipinski definition) is 1. The number of nitrogens with zero attached hydrogens (tertiary/aromatic N) is 1. The monoisotopic (exact) mass is 248 g/mol. The number of likely N-dealkylation sites (N-methyl/N-ethyl adjacent to an activating group) is 1. The van der Waals surface area contributed by atoms with Crippen molar-refractivity contribution in [2.24, 2.45) is 0 Å². The predicted molar refractivity (Wildman–Crippen MR) is 74.9 cm³/mol. The molecule has 1 aliphatic rings. The van der Waals surface area contributed by atoms with Crippen LogP contribution >= 0.6 is 0 Å². The van der Waals surface area contributed by atoms with E-state index in [0.717, 1.165) is 25.4 Å². The Hall–Kier alpha value is -1.06. The fourth-order valence-electron chi connectivity index (χ4n) is 2.38. The van der Waals surface area contributed by atoms with Crippen molar-refractivity contribution >= 4 is 0 Å². The molecule has 18 heavy (non-hydrogen) atoms. The lowest BCUT2D eigenvalue weighted by atomic mass is 10.1. The van der Waals surface area contributed by atoms with Gasteiger partial charge in [0.2, 0.25) is 0 Å². The molecule has 2 rings (SSSR count). The maximum atomic E-state index is 5.65. The van der Waals surface area contributed by atoms with E-state index in [1.807, 2.05) is 0 Å². The van der Waals surface area contributed by atoms with Crippen molar-refractivity contribution in [3.05, 3.63) is 29.8 Å². The Morgan fingerprint density at radius 2 is 2.06 bits per heavy atom. The molecule has 1 unspecified atom stereocenters. The van der Waals surface area contributed by atoms with Gasteiger partial charge in [0.15, 0.2) is 0 Å². The van der Waals surface area contributed by atoms with Crippen LogP contribution in [0.2, 0.25) is 0 Å². The first kappa shape index (κ1) is 13.4. The Labute approximate surface area is 110 Å². The van der Waals surface area contributed by atoms with Crippen LogP contribution in [0.1, 0.15) is 25.8 Å². The largest absolute Gasteiger partial charge is 0.491 e. The van der Waals surface area contributed by atoms with Crippen molar-refractivity contribution in [3.8, 4) is 5.75 Å². The normalized spacial score (nSPS) is 19.7. The fourth-order valence-corrected chi connectivity index (χ4v) is 2.38. The van der Waals surface area contributed by atoms with E-state index in [0.29, 0.717) is 6.04 Å². The summed E-state index contributed by atoms with van der Waals surface area (Å²) in [6.07, 6.45) is 1.49. The molecule has 0 spiro atoms. The van der Waals surface area contributed by atoms with Gasteiger partial charge in [-0.15, -0.1) is 0 Å². The van der Waals surface area contributed by atoms with Crippen molar-refractivity contribution in [2.45, 2.75) is 39.0 Å². The van der Waals surface area contributed by atoms with Crippen LogP contribution in [0.3, 0.4) is 0 Å². The van der Waals surface area contributed by atoms with Crippen molar-refractivity contribution < 1.29 is 4.74 Å². The summed E-state index contributed by atoms with van der Waals surface area (Å²) in [4.78, 5) is 2.43. The van der Waals surface area contributed by atoms with Crippen LogP contribution in [-0.2, 0) is 6.54 Å². The minimum Gasteiger partial charge on any atom is -0.491 e. The average Bonchev–Trinajstić information content (AvgIpc) is 2.84. The molecule has 0 bridgehead atoms. The predicted octanol–water partition coefficient (Wildman–Crippen LogP) is 2.27.